The first kappa shape index (κ1) is 13.9. The standard InChI is InChI=1S/C10H10O4S.Na.H/c11-10(15(12,13)14)7-3-5-8-4-1-2-6-9(8)10;;/h1-6,11H,7H2,(H,12,13,14);;/q;+1;-1. The van der Waals surface area contributed by atoms with Gasteiger partial charge in [-0.2, -0.15) is 8.42 Å². The Hall–Kier alpha value is -0.170. The van der Waals surface area contributed by atoms with E-state index in [0.717, 1.165) is 0 Å². The third kappa shape index (κ3) is 2.11. The molecular formula is C10H11NaO4S. The molecule has 0 bridgehead atoms. The van der Waals surface area contributed by atoms with Gasteiger partial charge in [-0.3, -0.25) is 4.55 Å². The van der Waals surface area contributed by atoms with E-state index in [1.54, 1.807) is 24.3 Å². The maximum Gasteiger partial charge on any atom is 1.00 e. The van der Waals surface area contributed by atoms with Crippen LogP contribution in [0.2, 0.25) is 0 Å². The Labute approximate surface area is 118 Å². The van der Waals surface area contributed by atoms with Gasteiger partial charge in [0.05, 0.1) is 0 Å². The fraction of sp³-hybridized carbons (Fsp3) is 0.200. The van der Waals surface area contributed by atoms with E-state index in [1.807, 2.05) is 0 Å². The molecule has 1 aromatic carbocycles. The summed E-state index contributed by atoms with van der Waals surface area (Å²) in [7, 11) is -4.53. The summed E-state index contributed by atoms with van der Waals surface area (Å²) < 4.78 is 31.3. The summed E-state index contributed by atoms with van der Waals surface area (Å²) in [5.41, 5.74) is 0.818. The van der Waals surface area contributed by atoms with Crippen LogP contribution in [-0.4, -0.2) is 18.1 Å². The van der Waals surface area contributed by atoms with Gasteiger partial charge in [-0.05, 0) is 5.56 Å². The maximum absolute atomic E-state index is 11.1. The Balaban J connectivity index is 0.00000128. The van der Waals surface area contributed by atoms with Gasteiger partial charge < -0.3 is 6.53 Å². The quantitative estimate of drug-likeness (QED) is 0.458. The molecule has 16 heavy (non-hydrogen) atoms. The van der Waals surface area contributed by atoms with Crippen LogP contribution in [0.15, 0.2) is 30.3 Å². The van der Waals surface area contributed by atoms with Crippen molar-refractivity contribution in [2.75, 3.05) is 0 Å². The van der Waals surface area contributed by atoms with E-state index in [9.17, 15) is 13.5 Å². The molecule has 0 aromatic heterocycles. The third-order valence-electron chi connectivity index (χ3n) is 2.50. The van der Waals surface area contributed by atoms with Crippen molar-refractivity contribution in [2.24, 2.45) is 0 Å². The fourth-order valence-corrected chi connectivity index (χ4v) is 2.47. The Morgan fingerprint density at radius 2 is 1.94 bits per heavy atom. The predicted molar refractivity (Wildman–Crippen MR) is 56.7 cm³/mol. The molecule has 4 nitrogen and oxygen atoms in total. The minimum absolute atomic E-state index is 0. The summed E-state index contributed by atoms with van der Waals surface area (Å²) in [5, 5.41) is 9.97. The number of benzene rings is 1. The largest absolute Gasteiger partial charge is 1.00 e. The van der Waals surface area contributed by atoms with Crippen molar-refractivity contribution in [1.29, 1.82) is 0 Å². The smallest absolute Gasteiger partial charge is 1.00 e. The Morgan fingerprint density at radius 3 is 2.56 bits per heavy atom. The first-order valence-corrected chi connectivity index (χ1v) is 5.84. The number of rotatable bonds is 1. The van der Waals surface area contributed by atoms with E-state index in [4.69, 9.17) is 4.55 Å². The van der Waals surface area contributed by atoms with Gasteiger partial charge >= 0.3 is 29.6 Å². The average molecular weight is 250 g/mol. The van der Waals surface area contributed by atoms with Crippen LogP contribution in [0.1, 0.15) is 19.0 Å². The van der Waals surface area contributed by atoms with Crippen LogP contribution in [0.3, 0.4) is 0 Å². The molecule has 6 heteroatoms. The van der Waals surface area contributed by atoms with Crippen LogP contribution in [-0.2, 0) is 15.1 Å². The van der Waals surface area contributed by atoms with Crippen LogP contribution in [0, 0.1) is 0 Å². The van der Waals surface area contributed by atoms with Gasteiger partial charge in [0.1, 0.15) is 0 Å². The fourth-order valence-electron chi connectivity index (χ4n) is 1.70. The van der Waals surface area contributed by atoms with E-state index in [2.05, 4.69) is 0 Å². The second-order valence-electron chi connectivity index (χ2n) is 3.45. The van der Waals surface area contributed by atoms with Crippen LogP contribution in [0.25, 0.3) is 6.08 Å². The third-order valence-corrected chi connectivity index (χ3v) is 3.74. The average Bonchev–Trinajstić information content (AvgIpc) is 2.17. The van der Waals surface area contributed by atoms with E-state index in [1.165, 1.54) is 12.1 Å². The molecule has 1 aliphatic rings. The van der Waals surface area contributed by atoms with Crippen LogP contribution in [0.4, 0.5) is 0 Å². The zero-order valence-corrected chi connectivity index (χ0v) is 11.6. The molecule has 2 N–H and O–H groups in total. The van der Waals surface area contributed by atoms with E-state index >= 15 is 0 Å². The van der Waals surface area contributed by atoms with Crippen molar-refractivity contribution in [2.45, 2.75) is 11.4 Å². The van der Waals surface area contributed by atoms with E-state index in [0.29, 0.717) is 5.56 Å². The van der Waals surface area contributed by atoms with Crippen molar-refractivity contribution in [1.82, 2.24) is 0 Å². The molecular weight excluding hydrogens is 239 g/mol. The summed E-state index contributed by atoms with van der Waals surface area (Å²) in [5.74, 6) is 0. The monoisotopic (exact) mass is 250 g/mol. The Bertz CT molecular complexity index is 529. The van der Waals surface area contributed by atoms with Crippen molar-refractivity contribution in [3.8, 4) is 0 Å². The molecule has 0 heterocycles. The van der Waals surface area contributed by atoms with Crippen LogP contribution in [0.5, 0.6) is 0 Å². The molecule has 0 radical (unpaired) electrons. The van der Waals surface area contributed by atoms with Gasteiger partial charge in [0, 0.05) is 12.0 Å². The minimum Gasteiger partial charge on any atom is -1.00 e. The molecule has 0 saturated heterocycles. The number of fused-ring (bicyclic) bond motifs is 1. The number of aliphatic hydroxyl groups is 1. The number of hydrogen-bond donors (Lipinski definition) is 2. The zero-order chi connectivity index (χ0) is 11.1. The predicted octanol–water partition coefficient (Wildman–Crippen LogP) is -1.75. The van der Waals surface area contributed by atoms with Gasteiger partial charge in [0.15, 0.2) is 0 Å². The molecule has 1 atom stereocenters. The normalized spacial score (nSPS) is 23.4. The summed E-state index contributed by atoms with van der Waals surface area (Å²) in [4.78, 5) is -2.21. The molecule has 0 amide bonds. The molecule has 1 unspecified atom stereocenters. The Kier molecular flexibility index (Phi) is 3.99. The Morgan fingerprint density at radius 1 is 1.31 bits per heavy atom. The van der Waals surface area contributed by atoms with Gasteiger partial charge in [0.2, 0.25) is 4.93 Å². The van der Waals surface area contributed by atoms with Gasteiger partial charge in [-0.1, -0.05) is 36.4 Å². The van der Waals surface area contributed by atoms with Gasteiger partial charge in [0.25, 0.3) is 10.1 Å². The molecule has 0 fully saturated rings. The van der Waals surface area contributed by atoms with Gasteiger partial charge in [-0.15, -0.1) is 0 Å². The molecule has 0 aliphatic heterocycles. The first-order chi connectivity index (χ1) is 6.95. The summed E-state index contributed by atoms with van der Waals surface area (Å²) in [6, 6.07) is 6.53. The zero-order valence-electron chi connectivity index (χ0n) is 9.79. The van der Waals surface area contributed by atoms with Crippen molar-refractivity contribution in [3.63, 3.8) is 0 Å². The minimum atomic E-state index is -4.53. The second kappa shape index (κ2) is 4.60. The van der Waals surface area contributed by atoms with Crippen molar-refractivity contribution in [3.05, 3.63) is 41.5 Å². The topological polar surface area (TPSA) is 74.6 Å². The van der Waals surface area contributed by atoms with Crippen molar-refractivity contribution < 1.29 is 49.1 Å². The van der Waals surface area contributed by atoms with Gasteiger partial charge in [-0.25, -0.2) is 0 Å². The van der Waals surface area contributed by atoms with E-state index in [-0.39, 0.29) is 43.0 Å². The van der Waals surface area contributed by atoms with Crippen LogP contribution >= 0.6 is 0 Å². The van der Waals surface area contributed by atoms with Crippen LogP contribution < -0.4 is 29.6 Å². The second-order valence-corrected chi connectivity index (χ2v) is 5.08. The first-order valence-electron chi connectivity index (χ1n) is 4.40. The number of hydrogen-bond acceptors (Lipinski definition) is 3. The molecule has 0 spiro atoms. The molecule has 1 aliphatic carbocycles. The van der Waals surface area contributed by atoms with Crippen molar-refractivity contribution >= 4 is 16.2 Å². The van der Waals surface area contributed by atoms with E-state index < -0.39 is 15.1 Å². The molecule has 82 valence electrons. The SMILES string of the molecule is O=S(=O)(O)C1(O)CC=Cc2ccccc21.[H-].[Na+]. The summed E-state index contributed by atoms with van der Waals surface area (Å²) >= 11 is 0. The molecule has 0 saturated carbocycles. The molecule has 1 aromatic rings. The summed E-state index contributed by atoms with van der Waals surface area (Å²) in [6.45, 7) is 0. The molecule has 2 rings (SSSR count). The summed E-state index contributed by atoms with van der Waals surface area (Å²) in [6.07, 6.45) is 3.11. The maximum atomic E-state index is 11.1.